The van der Waals surface area contributed by atoms with Crippen LogP contribution in [-0.2, 0) is 0 Å². The molecule has 0 saturated carbocycles. The summed E-state index contributed by atoms with van der Waals surface area (Å²) < 4.78 is 0. The van der Waals surface area contributed by atoms with E-state index in [9.17, 15) is 0 Å². The Morgan fingerprint density at radius 1 is 1.22 bits per heavy atom. The van der Waals surface area contributed by atoms with Gasteiger partial charge in [-0.2, -0.15) is 0 Å². The molecule has 0 bridgehead atoms. The molecular weight excluding hydrogens is 222 g/mol. The van der Waals surface area contributed by atoms with Crippen LogP contribution in [0.3, 0.4) is 0 Å². The van der Waals surface area contributed by atoms with Crippen LogP contribution in [0.15, 0.2) is 48.4 Å². The zero-order valence-electron chi connectivity index (χ0n) is 10.4. The monoisotopic (exact) mass is 237 g/mol. The van der Waals surface area contributed by atoms with Gasteiger partial charge in [0.1, 0.15) is 12.2 Å². The summed E-state index contributed by atoms with van der Waals surface area (Å²) in [7, 11) is 0. The van der Waals surface area contributed by atoms with E-state index in [1.807, 2.05) is 0 Å². The lowest BCUT2D eigenvalue weighted by Gasteiger charge is -2.10. The van der Waals surface area contributed by atoms with Gasteiger partial charge in [-0.15, -0.1) is 0 Å². The normalized spacial score (nSPS) is 21.9. The Hall–Kier alpha value is -2.03. The van der Waals surface area contributed by atoms with Crippen LogP contribution in [0.25, 0.3) is 5.57 Å². The van der Waals surface area contributed by atoms with Crippen LogP contribution in [0.4, 0.5) is 0 Å². The predicted molar refractivity (Wildman–Crippen MR) is 71.8 cm³/mol. The fourth-order valence-corrected chi connectivity index (χ4v) is 2.24. The molecule has 0 spiro atoms. The standard InChI is InChI=1S/C15H15N3/c1-11-6-5-9-13(11)15-17-10-16-14(18-15)12-7-3-2-4-8-12/h3,5-10,13H,2,4H2,1H3. The third-order valence-corrected chi connectivity index (χ3v) is 3.28. The minimum absolute atomic E-state index is 0.208. The molecule has 3 rings (SSSR count). The van der Waals surface area contributed by atoms with Gasteiger partial charge in [0.25, 0.3) is 0 Å². The highest BCUT2D eigenvalue weighted by molar-refractivity contribution is 5.70. The molecule has 0 saturated heterocycles. The van der Waals surface area contributed by atoms with Crippen LogP contribution in [0.1, 0.15) is 37.3 Å². The first kappa shape index (κ1) is 11.1. The van der Waals surface area contributed by atoms with Gasteiger partial charge in [-0.25, -0.2) is 15.0 Å². The summed E-state index contributed by atoms with van der Waals surface area (Å²) in [6.45, 7) is 2.11. The number of hydrogen-bond donors (Lipinski definition) is 0. The van der Waals surface area contributed by atoms with Gasteiger partial charge in [0.15, 0.2) is 5.82 Å². The zero-order chi connectivity index (χ0) is 12.4. The Labute approximate surface area is 107 Å². The van der Waals surface area contributed by atoms with Gasteiger partial charge in [0.05, 0.1) is 5.92 Å². The second-order valence-electron chi connectivity index (χ2n) is 4.58. The van der Waals surface area contributed by atoms with E-state index in [0.717, 1.165) is 30.1 Å². The van der Waals surface area contributed by atoms with Gasteiger partial charge in [0.2, 0.25) is 0 Å². The Kier molecular flexibility index (Phi) is 2.89. The minimum atomic E-state index is 0.208. The predicted octanol–water partition coefficient (Wildman–Crippen LogP) is 3.20. The Morgan fingerprint density at radius 2 is 2.17 bits per heavy atom. The van der Waals surface area contributed by atoms with Gasteiger partial charge in [0, 0.05) is 5.57 Å². The molecule has 0 radical (unpaired) electrons. The molecule has 0 N–H and O–H groups in total. The van der Waals surface area contributed by atoms with Gasteiger partial charge >= 0.3 is 0 Å². The van der Waals surface area contributed by atoms with E-state index in [1.54, 1.807) is 6.33 Å². The summed E-state index contributed by atoms with van der Waals surface area (Å²) in [6.07, 6.45) is 16.5. The smallest absolute Gasteiger partial charge is 0.162 e. The molecule has 1 unspecified atom stereocenters. The van der Waals surface area contributed by atoms with E-state index in [4.69, 9.17) is 0 Å². The molecule has 0 aliphatic heterocycles. The van der Waals surface area contributed by atoms with Crippen LogP contribution in [0.5, 0.6) is 0 Å². The molecule has 1 aromatic heterocycles. The van der Waals surface area contributed by atoms with Crippen molar-refractivity contribution in [1.82, 2.24) is 15.0 Å². The summed E-state index contributed by atoms with van der Waals surface area (Å²) in [5, 5.41) is 0. The second kappa shape index (κ2) is 4.69. The van der Waals surface area contributed by atoms with E-state index < -0.39 is 0 Å². The summed E-state index contributed by atoms with van der Waals surface area (Å²) in [5.74, 6) is 1.83. The lowest BCUT2D eigenvalue weighted by molar-refractivity contribution is 0.836. The van der Waals surface area contributed by atoms with Gasteiger partial charge in [-0.1, -0.05) is 42.0 Å². The lowest BCUT2D eigenvalue weighted by atomic mass is 10.0. The summed E-state index contributed by atoms with van der Waals surface area (Å²) in [6, 6.07) is 0. The molecule has 18 heavy (non-hydrogen) atoms. The zero-order valence-corrected chi connectivity index (χ0v) is 10.4. The highest BCUT2D eigenvalue weighted by atomic mass is 15.0. The molecule has 2 aliphatic carbocycles. The van der Waals surface area contributed by atoms with Crippen molar-refractivity contribution in [2.45, 2.75) is 25.7 Å². The maximum absolute atomic E-state index is 4.60. The molecule has 0 fully saturated rings. The second-order valence-corrected chi connectivity index (χ2v) is 4.58. The largest absolute Gasteiger partial charge is 0.220 e. The maximum atomic E-state index is 4.60. The van der Waals surface area contributed by atoms with Crippen molar-refractivity contribution in [3.8, 4) is 0 Å². The maximum Gasteiger partial charge on any atom is 0.162 e. The van der Waals surface area contributed by atoms with Crippen molar-refractivity contribution in [2.75, 3.05) is 0 Å². The third-order valence-electron chi connectivity index (χ3n) is 3.28. The van der Waals surface area contributed by atoms with E-state index in [1.165, 1.54) is 5.57 Å². The summed E-state index contributed by atoms with van der Waals surface area (Å²) >= 11 is 0. The first-order valence-electron chi connectivity index (χ1n) is 6.25. The third kappa shape index (κ3) is 2.04. The highest BCUT2D eigenvalue weighted by Gasteiger charge is 2.17. The molecule has 2 aliphatic rings. The summed E-state index contributed by atoms with van der Waals surface area (Å²) in [5.41, 5.74) is 2.38. The topological polar surface area (TPSA) is 38.7 Å². The first-order chi connectivity index (χ1) is 8.84. The Balaban J connectivity index is 1.94. The molecular formula is C15H15N3. The average molecular weight is 237 g/mol. The van der Waals surface area contributed by atoms with Crippen molar-refractivity contribution in [2.24, 2.45) is 0 Å². The molecule has 3 heteroatoms. The fraction of sp³-hybridized carbons (Fsp3) is 0.267. The van der Waals surface area contributed by atoms with Crippen LogP contribution in [0.2, 0.25) is 0 Å². The number of allylic oxidation sites excluding steroid dienone is 8. The van der Waals surface area contributed by atoms with Crippen LogP contribution >= 0.6 is 0 Å². The quantitative estimate of drug-likeness (QED) is 0.792. The van der Waals surface area contributed by atoms with Crippen LogP contribution in [-0.4, -0.2) is 15.0 Å². The SMILES string of the molecule is CC1=CC=CC1c1ncnc(C2=CCCC=C2)n1. The minimum Gasteiger partial charge on any atom is -0.220 e. The van der Waals surface area contributed by atoms with Gasteiger partial charge in [-0.3, -0.25) is 0 Å². The van der Waals surface area contributed by atoms with Crippen molar-refractivity contribution in [1.29, 1.82) is 0 Å². The molecule has 1 aromatic rings. The molecule has 90 valence electrons. The first-order valence-corrected chi connectivity index (χ1v) is 6.25. The van der Waals surface area contributed by atoms with E-state index >= 15 is 0 Å². The molecule has 1 heterocycles. The van der Waals surface area contributed by atoms with Crippen molar-refractivity contribution in [3.63, 3.8) is 0 Å². The van der Waals surface area contributed by atoms with E-state index in [-0.39, 0.29) is 5.92 Å². The summed E-state index contributed by atoms with van der Waals surface area (Å²) in [4.78, 5) is 13.2. The Morgan fingerprint density at radius 3 is 2.89 bits per heavy atom. The van der Waals surface area contributed by atoms with Crippen molar-refractivity contribution in [3.05, 3.63) is 60.0 Å². The van der Waals surface area contributed by atoms with E-state index in [0.29, 0.717) is 0 Å². The van der Waals surface area contributed by atoms with Gasteiger partial charge < -0.3 is 0 Å². The van der Waals surface area contributed by atoms with Crippen molar-refractivity contribution >= 4 is 5.57 Å². The Bertz CT molecular complexity index is 579. The number of nitrogens with zero attached hydrogens (tertiary/aromatic N) is 3. The molecule has 1 atom stereocenters. The van der Waals surface area contributed by atoms with Crippen molar-refractivity contribution < 1.29 is 0 Å². The number of hydrogen-bond acceptors (Lipinski definition) is 3. The van der Waals surface area contributed by atoms with Crippen LogP contribution < -0.4 is 0 Å². The molecule has 0 amide bonds. The van der Waals surface area contributed by atoms with E-state index in [2.05, 4.69) is 58.3 Å². The van der Waals surface area contributed by atoms with Crippen LogP contribution in [0, 0.1) is 0 Å². The highest BCUT2D eigenvalue weighted by Crippen LogP contribution is 2.27. The van der Waals surface area contributed by atoms with Gasteiger partial charge in [-0.05, 0) is 19.8 Å². The lowest BCUT2D eigenvalue weighted by Crippen LogP contribution is -2.06. The number of rotatable bonds is 2. The molecule has 3 nitrogen and oxygen atoms in total. The average Bonchev–Trinajstić information content (AvgIpc) is 2.86. The molecule has 0 aromatic carbocycles. The number of aromatic nitrogens is 3. The fourth-order valence-electron chi connectivity index (χ4n) is 2.24.